The van der Waals surface area contributed by atoms with E-state index in [1.165, 1.54) is 20.9 Å². The van der Waals surface area contributed by atoms with Gasteiger partial charge in [0.1, 0.15) is 11.1 Å². The highest BCUT2D eigenvalue weighted by Crippen LogP contribution is 2.39. The smallest absolute Gasteiger partial charge is 0.316 e. The predicted molar refractivity (Wildman–Crippen MR) is 90.1 cm³/mol. The van der Waals surface area contributed by atoms with E-state index in [2.05, 4.69) is 28.1 Å². The van der Waals surface area contributed by atoms with E-state index in [1.807, 2.05) is 0 Å². The second-order valence-corrected chi connectivity index (χ2v) is 7.92. The average Bonchev–Trinajstić information content (AvgIpc) is 3.04. The van der Waals surface area contributed by atoms with Gasteiger partial charge in [-0.25, -0.2) is 4.79 Å². The second-order valence-electron chi connectivity index (χ2n) is 5.85. The molecule has 1 atom stereocenters. The number of hydrogen-bond donors (Lipinski definition) is 2. The molecule has 1 aliphatic carbocycles. The Labute approximate surface area is 146 Å². The van der Waals surface area contributed by atoms with Gasteiger partial charge in [-0.3, -0.25) is 9.32 Å². The molecule has 0 aromatic carbocycles. The standard InChI is InChI=1S/C15H16N4O3S2/c1-8-3-4-9-10(6-16)13(24-11(9)5-8)17-12(20)7-23-14-15(21)22-18-19(14)2/h8H,3-5,7H2,1-2H3,(H-,17,18,20,21)/p+1. The van der Waals surface area contributed by atoms with Crippen molar-refractivity contribution in [2.75, 3.05) is 11.1 Å². The Morgan fingerprint density at radius 1 is 1.62 bits per heavy atom. The van der Waals surface area contributed by atoms with Crippen LogP contribution in [0.2, 0.25) is 0 Å². The number of thioether (sulfide) groups is 1. The molecule has 1 aliphatic rings. The number of carbonyl (C=O) groups excluding carboxylic acids is 1. The minimum atomic E-state index is -0.506. The van der Waals surface area contributed by atoms with E-state index in [0.717, 1.165) is 36.6 Å². The molecule has 9 heteroatoms. The van der Waals surface area contributed by atoms with E-state index in [1.54, 1.807) is 7.05 Å². The fraction of sp³-hybridized carbons (Fsp3) is 0.467. The molecule has 2 N–H and O–H groups in total. The summed E-state index contributed by atoms with van der Waals surface area (Å²) in [6, 6.07) is 2.23. The lowest BCUT2D eigenvalue weighted by molar-refractivity contribution is -0.772. The van der Waals surface area contributed by atoms with Gasteiger partial charge in [-0.15, -0.1) is 11.3 Å². The largest absolute Gasteiger partial charge is 0.441 e. The number of amides is 1. The number of nitrogens with zero attached hydrogens (tertiary/aromatic N) is 2. The third-order valence-corrected chi connectivity index (χ3v) is 6.26. The molecule has 0 aliphatic heterocycles. The van der Waals surface area contributed by atoms with Crippen LogP contribution < -0.4 is 15.6 Å². The number of aryl methyl sites for hydroxylation is 1. The normalized spacial score (nSPS) is 16.5. The topological polar surface area (TPSA) is 103 Å². The minimum Gasteiger partial charge on any atom is -0.316 e. The lowest BCUT2D eigenvalue weighted by atomic mass is 9.89. The van der Waals surface area contributed by atoms with Crippen LogP contribution in [-0.4, -0.2) is 16.9 Å². The van der Waals surface area contributed by atoms with Crippen LogP contribution in [0.15, 0.2) is 14.3 Å². The molecular weight excluding hydrogens is 348 g/mol. The van der Waals surface area contributed by atoms with Crippen LogP contribution in [0.4, 0.5) is 5.00 Å². The molecule has 0 fully saturated rings. The number of nitrogens with one attached hydrogen (secondary N) is 2. The zero-order valence-electron chi connectivity index (χ0n) is 13.3. The van der Waals surface area contributed by atoms with Crippen LogP contribution in [0.5, 0.6) is 0 Å². The van der Waals surface area contributed by atoms with Gasteiger partial charge in [0.15, 0.2) is 7.05 Å². The highest BCUT2D eigenvalue weighted by Gasteiger charge is 2.25. The fourth-order valence-corrected chi connectivity index (χ4v) is 4.85. The van der Waals surface area contributed by atoms with Crippen LogP contribution in [0.3, 0.4) is 0 Å². The summed E-state index contributed by atoms with van der Waals surface area (Å²) in [6.45, 7) is 2.20. The molecule has 2 heterocycles. The van der Waals surface area contributed by atoms with Gasteiger partial charge >= 0.3 is 10.7 Å². The number of nitriles is 1. The van der Waals surface area contributed by atoms with Gasteiger partial charge in [-0.2, -0.15) is 5.26 Å². The Balaban J connectivity index is 1.71. The van der Waals surface area contributed by atoms with Crippen molar-refractivity contribution >= 4 is 34.0 Å². The van der Waals surface area contributed by atoms with Crippen molar-refractivity contribution in [3.8, 4) is 6.07 Å². The number of aromatic nitrogens is 2. The number of aromatic amines is 1. The molecule has 2 aromatic rings. The van der Waals surface area contributed by atoms with Crippen molar-refractivity contribution in [1.82, 2.24) is 5.27 Å². The van der Waals surface area contributed by atoms with E-state index in [0.29, 0.717) is 21.5 Å². The summed E-state index contributed by atoms with van der Waals surface area (Å²) in [5.74, 6) is 0.429. The van der Waals surface area contributed by atoms with Gasteiger partial charge in [0.2, 0.25) is 5.91 Å². The number of thiophene rings is 1. The van der Waals surface area contributed by atoms with E-state index in [-0.39, 0.29) is 11.7 Å². The summed E-state index contributed by atoms with van der Waals surface area (Å²) in [5, 5.41) is 15.6. The molecule has 1 unspecified atom stereocenters. The lowest BCUT2D eigenvalue weighted by Crippen LogP contribution is -2.34. The molecule has 0 saturated heterocycles. The average molecular weight is 365 g/mol. The Hall–Kier alpha value is -2.05. The quantitative estimate of drug-likeness (QED) is 0.632. The maximum absolute atomic E-state index is 12.2. The first-order valence-corrected chi connectivity index (χ1v) is 9.34. The number of anilines is 1. The van der Waals surface area contributed by atoms with Crippen LogP contribution in [-0.2, 0) is 24.7 Å². The van der Waals surface area contributed by atoms with Crippen LogP contribution in [0.25, 0.3) is 0 Å². The first-order chi connectivity index (χ1) is 11.5. The maximum Gasteiger partial charge on any atom is 0.441 e. The second kappa shape index (κ2) is 6.83. The van der Waals surface area contributed by atoms with Gasteiger partial charge < -0.3 is 5.32 Å². The molecule has 126 valence electrons. The minimum absolute atomic E-state index is 0.0697. The number of hydrogen-bond acceptors (Lipinski definition) is 6. The van der Waals surface area contributed by atoms with Gasteiger partial charge in [-0.1, -0.05) is 11.6 Å². The van der Waals surface area contributed by atoms with E-state index in [9.17, 15) is 14.9 Å². The summed E-state index contributed by atoms with van der Waals surface area (Å²) >= 11 is 2.58. The van der Waals surface area contributed by atoms with Gasteiger partial charge in [0, 0.05) is 4.88 Å². The van der Waals surface area contributed by atoms with Crippen LogP contribution in [0, 0.1) is 17.2 Å². The molecular formula is C15H17N4O3S2+. The number of rotatable bonds is 4. The fourth-order valence-electron chi connectivity index (χ4n) is 2.74. The summed E-state index contributed by atoms with van der Waals surface area (Å²) < 4.78 is 6.06. The Morgan fingerprint density at radius 3 is 3.08 bits per heavy atom. The van der Waals surface area contributed by atoms with Crippen molar-refractivity contribution in [2.45, 2.75) is 31.2 Å². The molecule has 3 rings (SSSR count). The van der Waals surface area contributed by atoms with Crippen LogP contribution in [0.1, 0.15) is 29.3 Å². The van der Waals surface area contributed by atoms with E-state index < -0.39 is 5.63 Å². The van der Waals surface area contributed by atoms with Crippen molar-refractivity contribution in [2.24, 2.45) is 13.0 Å². The lowest BCUT2D eigenvalue weighted by Gasteiger charge is -2.17. The molecule has 24 heavy (non-hydrogen) atoms. The SMILES string of the molecule is CC1CCc2c(sc(NC(=O)CSc3c(=O)o[nH][n+]3C)c2C#N)C1. The molecule has 0 spiro atoms. The molecule has 0 bridgehead atoms. The third kappa shape index (κ3) is 3.25. The van der Waals surface area contributed by atoms with Crippen molar-refractivity contribution < 1.29 is 14.0 Å². The van der Waals surface area contributed by atoms with Crippen molar-refractivity contribution in [3.05, 3.63) is 26.4 Å². The van der Waals surface area contributed by atoms with Crippen LogP contribution >= 0.6 is 23.1 Å². The maximum atomic E-state index is 12.2. The highest BCUT2D eigenvalue weighted by molar-refractivity contribution is 7.99. The Morgan fingerprint density at radius 2 is 2.42 bits per heavy atom. The monoisotopic (exact) mass is 365 g/mol. The zero-order valence-corrected chi connectivity index (χ0v) is 15.0. The van der Waals surface area contributed by atoms with Crippen molar-refractivity contribution in [1.29, 1.82) is 5.26 Å². The summed E-state index contributed by atoms with van der Waals surface area (Å²) in [4.78, 5) is 24.9. The molecule has 0 saturated carbocycles. The molecule has 2 aromatic heterocycles. The molecule has 0 radical (unpaired) electrons. The predicted octanol–water partition coefficient (Wildman–Crippen LogP) is 1.58. The third-order valence-electron chi connectivity index (χ3n) is 3.97. The molecule has 7 nitrogen and oxygen atoms in total. The van der Waals surface area contributed by atoms with E-state index in [4.69, 9.17) is 0 Å². The Bertz CT molecular complexity index is 874. The number of carbonyl (C=O) groups is 1. The van der Waals surface area contributed by atoms with Crippen molar-refractivity contribution in [3.63, 3.8) is 0 Å². The van der Waals surface area contributed by atoms with Gasteiger partial charge in [0.05, 0.1) is 11.3 Å². The first-order valence-electron chi connectivity index (χ1n) is 7.54. The van der Waals surface area contributed by atoms with E-state index >= 15 is 0 Å². The van der Waals surface area contributed by atoms with Gasteiger partial charge in [0.25, 0.3) is 0 Å². The zero-order chi connectivity index (χ0) is 17.3. The highest BCUT2D eigenvalue weighted by atomic mass is 32.2. The molecule has 1 amide bonds. The first kappa shape index (κ1) is 16.8. The number of H-pyrrole nitrogens is 1. The Kier molecular flexibility index (Phi) is 4.78. The summed E-state index contributed by atoms with van der Waals surface area (Å²) in [5.41, 5.74) is 1.17. The summed E-state index contributed by atoms with van der Waals surface area (Å²) in [7, 11) is 1.63. The summed E-state index contributed by atoms with van der Waals surface area (Å²) in [6.07, 6.45) is 2.92. The number of fused-ring (bicyclic) bond motifs is 1. The van der Waals surface area contributed by atoms with Gasteiger partial charge in [-0.05, 0) is 47.8 Å².